The van der Waals surface area contributed by atoms with Crippen LogP contribution in [-0.2, 0) is 0 Å². The van der Waals surface area contributed by atoms with Crippen molar-refractivity contribution in [3.63, 3.8) is 0 Å². The SMILES string of the molecule is Cc1cc(C(=O)NC(=NC(C)(C)C)Nc2cc(-c3ccc(F)cc3)[nH]n2)on1. The number of rotatable bonds is 3. The highest BCUT2D eigenvalue weighted by Crippen LogP contribution is 2.20. The molecule has 0 aliphatic rings. The quantitative estimate of drug-likeness (QED) is 0.473. The number of amides is 1. The van der Waals surface area contributed by atoms with Gasteiger partial charge < -0.3 is 9.84 Å². The Bertz CT molecular complexity index is 998. The summed E-state index contributed by atoms with van der Waals surface area (Å²) in [7, 11) is 0. The first-order valence-electron chi connectivity index (χ1n) is 8.62. The smallest absolute Gasteiger partial charge is 0.296 e. The van der Waals surface area contributed by atoms with Crippen molar-refractivity contribution in [2.24, 2.45) is 4.99 Å². The normalized spacial score (nSPS) is 12.1. The van der Waals surface area contributed by atoms with E-state index in [2.05, 4.69) is 31.0 Å². The van der Waals surface area contributed by atoms with Crippen LogP contribution in [0, 0.1) is 12.7 Å². The number of hydrogen-bond acceptors (Lipinski definition) is 5. The number of anilines is 1. The van der Waals surface area contributed by atoms with Crippen molar-refractivity contribution >= 4 is 17.7 Å². The molecule has 1 amide bonds. The third kappa shape index (κ3) is 5.03. The summed E-state index contributed by atoms with van der Waals surface area (Å²) in [5.41, 5.74) is 1.61. The Morgan fingerprint density at radius 3 is 2.54 bits per heavy atom. The number of nitrogens with zero attached hydrogens (tertiary/aromatic N) is 3. The van der Waals surface area contributed by atoms with E-state index in [4.69, 9.17) is 4.52 Å². The molecular weight excluding hydrogens is 363 g/mol. The Kier molecular flexibility index (Phi) is 5.25. The van der Waals surface area contributed by atoms with Crippen molar-refractivity contribution in [3.05, 3.63) is 53.7 Å². The number of aromatic nitrogens is 3. The monoisotopic (exact) mass is 384 g/mol. The summed E-state index contributed by atoms with van der Waals surface area (Å²) in [4.78, 5) is 16.9. The lowest BCUT2D eigenvalue weighted by molar-refractivity contribution is 0.0940. The Labute approximate surface area is 161 Å². The van der Waals surface area contributed by atoms with Crippen LogP contribution < -0.4 is 10.6 Å². The van der Waals surface area contributed by atoms with Crippen molar-refractivity contribution < 1.29 is 13.7 Å². The summed E-state index contributed by atoms with van der Waals surface area (Å²) in [6.07, 6.45) is 0. The second-order valence-corrected chi connectivity index (χ2v) is 7.22. The molecular formula is C19H21FN6O2. The minimum absolute atomic E-state index is 0.0786. The topological polar surface area (TPSA) is 108 Å². The van der Waals surface area contributed by atoms with Gasteiger partial charge in [-0.05, 0) is 57.5 Å². The van der Waals surface area contributed by atoms with Gasteiger partial charge in [0.1, 0.15) is 5.82 Å². The van der Waals surface area contributed by atoms with E-state index < -0.39 is 11.4 Å². The molecule has 2 heterocycles. The van der Waals surface area contributed by atoms with E-state index in [0.717, 1.165) is 5.56 Å². The van der Waals surface area contributed by atoms with E-state index in [1.165, 1.54) is 18.2 Å². The van der Waals surface area contributed by atoms with E-state index in [1.807, 2.05) is 20.8 Å². The molecule has 0 aliphatic carbocycles. The molecule has 0 aliphatic heterocycles. The average Bonchev–Trinajstić information content (AvgIpc) is 3.23. The number of carbonyl (C=O) groups is 1. The fourth-order valence-electron chi connectivity index (χ4n) is 2.35. The van der Waals surface area contributed by atoms with Crippen LogP contribution >= 0.6 is 0 Å². The van der Waals surface area contributed by atoms with Crippen LogP contribution in [0.2, 0.25) is 0 Å². The molecule has 0 unspecified atom stereocenters. The standard InChI is InChI=1S/C19H21FN6O2/c1-11-9-15(28-26-11)17(27)22-18(23-19(2,3)4)21-16-10-14(24-25-16)12-5-7-13(20)8-6-12/h5-10H,1-4H3,(H3,21,22,23,24,25,27). The molecule has 3 aromatic rings. The maximum atomic E-state index is 13.1. The highest BCUT2D eigenvalue weighted by molar-refractivity contribution is 6.08. The van der Waals surface area contributed by atoms with Crippen molar-refractivity contribution in [2.45, 2.75) is 33.2 Å². The number of aromatic amines is 1. The molecule has 3 rings (SSSR count). The van der Waals surface area contributed by atoms with E-state index in [1.54, 1.807) is 25.1 Å². The Morgan fingerprint density at radius 2 is 1.93 bits per heavy atom. The maximum absolute atomic E-state index is 13.1. The molecule has 0 spiro atoms. The minimum Gasteiger partial charge on any atom is -0.351 e. The van der Waals surface area contributed by atoms with Crippen LogP contribution in [0.5, 0.6) is 0 Å². The van der Waals surface area contributed by atoms with Crippen molar-refractivity contribution in [1.82, 2.24) is 20.7 Å². The van der Waals surface area contributed by atoms with Crippen LogP contribution in [0.4, 0.5) is 10.2 Å². The summed E-state index contributed by atoms with van der Waals surface area (Å²) >= 11 is 0. The number of H-pyrrole nitrogens is 1. The zero-order valence-electron chi connectivity index (χ0n) is 16.0. The van der Waals surface area contributed by atoms with E-state index in [0.29, 0.717) is 17.2 Å². The number of aliphatic imine (C=N–C) groups is 1. The van der Waals surface area contributed by atoms with Gasteiger partial charge in [-0.25, -0.2) is 9.38 Å². The van der Waals surface area contributed by atoms with Gasteiger partial charge in [-0.1, -0.05) is 5.16 Å². The zero-order valence-corrected chi connectivity index (χ0v) is 16.0. The summed E-state index contributed by atoms with van der Waals surface area (Å²) < 4.78 is 18.1. The van der Waals surface area contributed by atoms with Crippen LogP contribution in [0.1, 0.15) is 37.0 Å². The largest absolute Gasteiger partial charge is 0.351 e. The van der Waals surface area contributed by atoms with Crippen molar-refractivity contribution in [3.8, 4) is 11.3 Å². The zero-order chi connectivity index (χ0) is 20.3. The lowest BCUT2D eigenvalue weighted by Gasteiger charge is -2.16. The van der Waals surface area contributed by atoms with E-state index in [9.17, 15) is 9.18 Å². The molecule has 2 aromatic heterocycles. The van der Waals surface area contributed by atoms with Crippen molar-refractivity contribution in [1.29, 1.82) is 0 Å². The third-order valence-electron chi connectivity index (χ3n) is 3.51. The van der Waals surface area contributed by atoms with Gasteiger partial charge in [-0.3, -0.25) is 15.2 Å². The summed E-state index contributed by atoms with van der Waals surface area (Å²) in [5.74, 6) is -0.0630. The molecule has 0 fully saturated rings. The predicted octanol–water partition coefficient (Wildman–Crippen LogP) is 3.51. The third-order valence-corrected chi connectivity index (χ3v) is 3.51. The first kappa shape index (κ1) is 19.3. The molecule has 3 N–H and O–H groups in total. The molecule has 146 valence electrons. The number of hydrogen-bond donors (Lipinski definition) is 3. The molecule has 0 saturated heterocycles. The first-order chi connectivity index (χ1) is 13.2. The average molecular weight is 384 g/mol. The maximum Gasteiger partial charge on any atom is 0.296 e. The van der Waals surface area contributed by atoms with Gasteiger partial charge >= 0.3 is 0 Å². The highest BCUT2D eigenvalue weighted by atomic mass is 19.1. The minimum atomic E-state index is -0.481. The number of halogens is 1. The van der Waals surface area contributed by atoms with Crippen LogP contribution in [0.3, 0.4) is 0 Å². The fourth-order valence-corrected chi connectivity index (χ4v) is 2.35. The highest BCUT2D eigenvalue weighted by Gasteiger charge is 2.18. The Morgan fingerprint density at radius 1 is 1.21 bits per heavy atom. The second kappa shape index (κ2) is 7.63. The Balaban J connectivity index is 1.79. The second-order valence-electron chi connectivity index (χ2n) is 7.22. The van der Waals surface area contributed by atoms with E-state index >= 15 is 0 Å². The van der Waals surface area contributed by atoms with Gasteiger partial charge in [-0.2, -0.15) is 5.10 Å². The van der Waals surface area contributed by atoms with E-state index in [-0.39, 0.29) is 17.5 Å². The van der Waals surface area contributed by atoms with Gasteiger partial charge in [0.2, 0.25) is 11.7 Å². The van der Waals surface area contributed by atoms with Crippen LogP contribution in [-0.4, -0.2) is 32.8 Å². The molecule has 1 aromatic carbocycles. The summed E-state index contributed by atoms with van der Waals surface area (Å²) in [6.45, 7) is 7.42. The van der Waals surface area contributed by atoms with Gasteiger partial charge in [0, 0.05) is 12.1 Å². The number of aryl methyl sites for hydroxylation is 1. The van der Waals surface area contributed by atoms with Gasteiger partial charge in [0.25, 0.3) is 5.91 Å². The van der Waals surface area contributed by atoms with Gasteiger partial charge in [0.15, 0.2) is 5.82 Å². The fraction of sp³-hybridized carbons (Fsp3) is 0.263. The molecule has 9 heteroatoms. The predicted molar refractivity (Wildman–Crippen MR) is 103 cm³/mol. The van der Waals surface area contributed by atoms with Crippen molar-refractivity contribution in [2.75, 3.05) is 5.32 Å². The molecule has 0 atom stereocenters. The number of nitrogens with one attached hydrogen (secondary N) is 3. The lowest BCUT2D eigenvalue weighted by atomic mass is 10.1. The number of carbonyl (C=O) groups excluding carboxylic acids is 1. The van der Waals surface area contributed by atoms with Crippen LogP contribution in [0.15, 0.2) is 45.9 Å². The van der Waals surface area contributed by atoms with Gasteiger partial charge in [0.05, 0.1) is 16.9 Å². The lowest BCUT2D eigenvalue weighted by Crippen LogP contribution is -2.38. The molecule has 0 bridgehead atoms. The first-order valence-corrected chi connectivity index (χ1v) is 8.62. The summed E-state index contributed by atoms with van der Waals surface area (Å²) in [5, 5.41) is 16.4. The van der Waals surface area contributed by atoms with Gasteiger partial charge in [-0.15, -0.1) is 0 Å². The molecule has 28 heavy (non-hydrogen) atoms. The summed E-state index contributed by atoms with van der Waals surface area (Å²) in [6, 6.07) is 9.29. The molecule has 0 radical (unpaired) electrons. The molecule has 0 saturated carbocycles. The molecule has 8 nitrogen and oxygen atoms in total. The number of guanidine groups is 1. The van der Waals surface area contributed by atoms with Crippen LogP contribution in [0.25, 0.3) is 11.3 Å². The number of benzene rings is 1. The Hall–Kier alpha value is -3.49.